The van der Waals surface area contributed by atoms with E-state index in [0.29, 0.717) is 12.1 Å². The number of halogens is 5. The number of nitro benzene ring substituents is 1. The van der Waals surface area contributed by atoms with Gasteiger partial charge in [0, 0.05) is 12.1 Å². The van der Waals surface area contributed by atoms with Gasteiger partial charge in [0.25, 0.3) is 5.69 Å². The molecule has 2 aromatic carbocycles. The highest BCUT2D eigenvalue weighted by Gasteiger charge is 2.71. The van der Waals surface area contributed by atoms with E-state index in [1.54, 1.807) is 0 Å². The van der Waals surface area contributed by atoms with Crippen molar-refractivity contribution in [3.8, 4) is 5.75 Å². The molecule has 26 heavy (non-hydrogen) atoms. The molecule has 0 aliphatic rings. The van der Waals surface area contributed by atoms with Crippen molar-refractivity contribution in [3.05, 3.63) is 69.8 Å². The van der Waals surface area contributed by atoms with Crippen LogP contribution in [0.25, 0.3) is 0 Å². The summed E-state index contributed by atoms with van der Waals surface area (Å²) in [4.78, 5) is 9.82. The fourth-order valence-corrected chi connectivity index (χ4v) is 2.41. The molecule has 0 radical (unpaired) electrons. The van der Waals surface area contributed by atoms with E-state index in [4.69, 9.17) is 4.74 Å². The van der Waals surface area contributed by atoms with Crippen LogP contribution in [-0.4, -0.2) is 29.2 Å². The summed E-state index contributed by atoms with van der Waals surface area (Å²) in [6.45, 7) is 0. The molecule has 1 atom stereocenters. The normalized spacial score (nSPS) is 14.6. The van der Waals surface area contributed by atoms with Crippen LogP contribution in [0, 0.1) is 10.1 Å². The Morgan fingerprint density at radius 2 is 1.58 bits per heavy atom. The summed E-state index contributed by atoms with van der Waals surface area (Å²) < 4.78 is 72.5. The maximum absolute atomic E-state index is 14.3. The predicted octanol–water partition coefficient (Wildman–Crippen LogP) is 4.04. The number of nitrogens with zero attached hydrogens (tertiary/aromatic N) is 1. The number of benzene rings is 2. The van der Waals surface area contributed by atoms with Crippen LogP contribution >= 0.6 is 0 Å². The quantitative estimate of drug-likeness (QED) is 0.485. The number of non-ortho nitro benzene ring substituents is 1. The molecular formula is C16H12F5NO4. The van der Waals surface area contributed by atoms with Crippen LogP contribution in [-0.2, 0) is 5.60 Å². The van der Waals surface area contributed by atoms with E-state index < -0.39 is 39.4 Å². The Kier molecular flexibility index (Phi) is 4.91. The molecule has 0 saturated heterocycles. The fourth-order valence-electron chi connectivity index (χ4n) is 2.41. The number of methoxy groups -OCH3 is 1. The number of rotatable bonds is 5. The van der Waals surface area contributed by atoms with Crippen LogP contribution < -0.4 is 4.74 Å². The first-order chi connectivity index (χ1) is 11.9. The van der Waals surface area contributed by atoms with Gasteiger partial charge in [-0.05, 0) is 35.4 Å². The zero-order chi connectivity index (χ0) is 19.8. The summed E-state index contributed by atoms with van der Waals surface area (Å²) in [6, 6.07) is 6.90. The molecule has 10 heteroatoms. The molecule has 2 rings (SSSR count). The van der Waals surface area contributed by atoms with Crippen LogP contribution in [0.1, 0.15) is 11.1 Å². The Morgan fingerprint density at radius 3 is 2.04 bits per heavy atom. The molecule has 140 valence electrons. The zero-order valence-corrected chi connectivity index (χ0v) is 13.1. The van der Waals surface area contributed by atoms with Gasteiger partial charge in [-0.2, -0.15) is 22.0 Å². The van der Waals surface area contributed by atoms with Crippen molar-refractivity contribution >= 4 is 5.69 Å². The maximum Gasteiger partial charge on any atom is 0.457 e. The molecule has 0 aliphatic carbocycles. The van der Waals surface area contributed by atoms with Crippen molar-refractivity contribution in [1.29, 1.82) is 0 Å². The van der Waals surface area contributed by atoms with Gasteiger partial charge in [-0.15, -0.1) is 0 Å². The molecule has 0 spiro atoms. The maximum atomic E-state index is 14.3. The fraction of sp³-hybridized carbons (Fsp3) is 0.250. The third-order valence-corrected chi connectivity index (χ3v) is 3.79. The molecule has 0 aliphatic heterocycles. The van der Waals surface area contributed by atoms with Crippen LogP contribution in [0.2, 0.25) is 0 Å². The van der Waals surface area contributed by atoms with Gasteiger partial charge >= 0.3 is 12.1 Å². The van der Waals surface area contributed by atoms with E-state index in [2.05, 4.69) is 0 Å². The predicted molar refractivity (Wildman–Crippen MR) is 80.1 cm³/mol. The number of alkyl halides is 5. The molecule has 1 N–H and O–H groups in total. The molecule has 1 unspecified atom stereocenters. The first-order valence-electron chi connectivity index (χ1n) is 7.01. The van der Waals surface area contributed by atoms with Gasteiger partial charge in [0.1, 0.15) is 5.75 Å². The lowest BCUT2D eigenvalue weighted by Gasteiger charge is -2.37. The molecule has 2 aromatic rings. The third-order valence-electron chi connectivity index (χ3n) is 3.79. The Balaban J connectivity index is 2.75. The first kappa shape index (κ1) is 19.6. The highest BCUT2D eigenvalue weighted by Crippen LogP contribution is 2.52. The average molecular weight is 377 g/mol. The van der Waals surface area contributed by atoms with Crippen molar-refractivity contribution in [2.24, 2.45) is 0 Å². The summed E-state index contributed by atoms with van der Waals surface area (Å²) in [7, 11) is 1.17. The molecule has 0 heterocycles. The van der Waals surface area contributed by atoms with Gasteiger partial charge in [0.2, 0.25) is 0 Å². The van der Waals surface area contributed by atoms with E-state index in [1.807, 2.05) is 0 Å². The Labute approximate surface area is 143 Å². The highest BCUT2D eigenvalue weighted by molar-refractivity contribution is 5.45. The largest absolute Gasteiger partial charge is 0.497 e. The molecule has 0 amide bonds. The van der Waals surface area contributed by atoms with Crippen LogP contribution in [0.15, 0.2) is 48.5 Å². The van der Waals surface area contributed by atoms with Gasteiger partial charge < -0.3 is 9.84 Å². The lowest BCUT2D eigenvalue weighted by molar-refractivity contribution is -0.384. The lowest BCUT2D eigenvalue weighted by Crippen LogP contribution is -2.55. The van der Waals surface area contributed by atoms with Gasteiger partial charge in [-0.25, -0.2) is 0 Å². The second-order valence-electron chi connectivity index (χ2n) is 5.32. The molecule has 0 fully saturated rings. The van der Waals surface area contributed by atoms with E-state index in [9.17, 15) is 37.2 Å². The van der Waals surface area contributed by atoms with E-state index in [1.165, 1.54) is 13.2 Å². The zero-order valence-electron chi connectivity index (χ0n) is 13.1. The number of hydrogen-bond donors (Lipinski definition) is 1. The van der Waals surface area contributed by atoms with Gasteiger partial charge in [-0.1, -0.05) is 12.1 Å². The second kappa shape index (κ2) is 6.52. The molecule has 0 bridgehead atoms. The van der Waals surface area contributed by atoms with Crippen LogP contribution in [0.3, 0.4) is 0 Å². The Bertz CT molecular complexity index is 807. The van der Waals surface area contributed by atoms with Gasteiger partial charge in [0.05, 0.1) is 12.0 Å². The van der Waals surface area contributed by atoms with Gasteiger partial charge in [-0.3, -0.25) is 10.1 Å². The smallest absolute Gasteiger partial charge is 0.457 e. The summed E-state index contributed by atoms with van der Waals surface area (Å²) in [5.74, 6) is -5.65. The summed E-state index contributed by atoms with van der Waals surface area (Å²) in [5.41, 5.74) is -6.00. The summed E-state index contributed by atoms with van der Waals surface area (Å²) >= 11 is 0. The average Bonchev–Trinajstić information content (AvgIpc) is 2.60. The minimum atomic E-state index is -6.09. The van der Waals surface area contributed by atoms with E-state index >= 15 is 0 Å². The summed E-state index contributed by atoms with van der Waals surface area (Å²) in [6.07, 6.45) is -6.09. The molecule has 0 saturated carbocycles. The van der Waals surface area contributed by atoms with Crippen molar-refractivity contribution in [2.75, 3.05) is 7.11 Å². The van der Waals surface area contributed by atoms with E-state index in [0.717, 1.165) is 30.3 Å². The number of nitro groups is 1. The molecule has 0 aromatic heterocycles. The van der Waals surface area contributed by atoms with Crippen LogP contribution in [0.4, 0.5) is 27.6 Å². The molecular weight excluding hydrogens is 365 g/mol. The van der Waals surface area contributed by atoms with Crippen molar-refractivity contribution < 1.29 is 36.7 Å². The SMILES string of the molecule is COc1cccc(C(O)(c2ccc([N+](=O)[O-])cc2)C(F)(F)C(F)(F)F)c1. The van der Waals surface area contributed by atoms with Crippen molar-refractivity contribution in [2.45, 2.75) is 17.7 Å². The van der Waals surface area contributed by atoms with Crippen LogP contribution in [0.5, 0.6) is 5.75 Å². The third kappa shape index (κ3) is 3.07. The van der Waals surface area contributed by atoms with Gasteiger partial charge in [0.15, 0.2) is 5.60 Å². The Morgan fingerprint density at radius 1 is 1.00 bits per heavy atom. The van der Waals surface area contributed by atoms with Crippen molar-refractivity contribution in [3.63, 3.8) is 0 Å². The minimum Gasteiger partial charge on any atom is -0.497 e. The first-order valence-corrected chi connectivity index (χ1v) is 7.01. The highest BCUT2D eigenvalue weighted by atomic mass is 19.4. The minimum absolute atomic E-state index is 0.0548. The second-order valence-corrected chi connectivity index (χ2v) is 5.32. The topological polar surface area (TPSA) is 72.6 Å². The molecule has 5 nitrogen and oxygen atoms in total. The monoisotopic (exact) mass is 377 g/mol. The Hall–Kier alpha value is -2.75. The van der Waals surface area contributed by atoms with E-state index in [-0.39, 0.29) is 5.75 Å². The number of aliphatic hydroxyl groups is 1. The van der Waals surface area contributed by atoms with Crippen molar-refractivity contribution in [1.82, 2.24) is 0 Å². The standard InChI is InChI=1S/C16H12F5NO4/c1-26-13-4-2-3-11(9-13)14(23,15(17,18)16(19,20)21)10-5-7-12(8-6-10)22(24)25/h2-9,23H,1H3. The number of hydrogen-bond acceptors (Lipinski definition) is 4. The number of ether oxygens (including phenoxy) is 1. The summed E-state index contributed by atoms with van der Waals surface area (Å²) in [5, 5.41) is 21.2. The lowest BCUT2D eigenvalue weighted by atomic mass is 9.80.